The Labute approximate surface area is 135 Å². The molecule has 2 amide bonds. The van der Waals surface area contributed by atoms with Gasteiger partial charge in [0.25, 0.3) is 5.91 Å². The lowest BCUT2D eigenvalue weighted by Gasteiger charge is -2.20. The summed E-state index contributed by atoms with van der Waals surface area (Å²) in [4.78, 5) is 35.0. The van der Waals surface area contributed by atoms with E-state index in [0.717, 1.165) is 5.56 Å². The lowest BCUT2D eigenvalue weighted by atomic mass is 10.1. The molecule has 0 aliphatic carbocycles. The maximum absolute atomic E-state index is 12.1. The molecule has 0 fully saturated rings. The summed E-state index contributed by atoms with van der Waals surface area (Å²) >= 11 is 0. The fourth-order valence-electron chi connectivity index (χ4n) is 1.71. The van der Waals surface area contributed by atoms with Crippen LogP contribution >= 0.6 is 0 Å². The molecule has 124 valence electrons. The highest BCUT2D eigenvalue weighted by Crippen LogP contribution is 2.06. The van der Waals surface area contributed by atoms with E-state index in [1.54, 1.807) is 24.3 Å². The zero-order chi connectivity index (χ0) is 17.5. The lowest BCUT2D eigenvalue weighted by Crippen LogP contribution is -2.43. The summed E-state index contributed by atoms with van der Waals surface area (Å²) in [5.41, 5.74) is 0.295. The van der Waals surface area contributed by atoms with Gasteiger partial charge in [0.05, 0.1) is 0 Å². The molecular formula is C17H22N2O4. The van der Waals surface area contributed by atoms with E-state index in [-0.39, 0.29) is 5.70 Å². The molecule has 0 atom stereocenters. The van der Waals surface area contributed by atoms with Crippen LogP contribution in [0, 0.1) is 0 Å². The molecule has 1 rings (SSSR count). The van der Waals surface area contributed by atoms with E-state index in [0.29, 0.717) is 0 Å². The molecule has 1 aromatic rings. The quantitative estimate of drug-likeness (QED) is 0.638. The minimum Gasteiger partial charge on any atom is -0.451 e. The Hall–Kier alpha value is -2.63. The molecule has 23 heavy (non-hydrogen) atoms. The second kappa shape index (κ2) is 8.12. The number of hydrogen-bond donors (Lipinski definition) is 2. The van der Waals surface area contributed by atoms with Crippen LogP contribution in [0.15, 0.2) is 36.0 Å². The topological polar surface area (TPSA) is 84.5 Å². The van der Waals surface area contributed by atoms with Gasteiger partial charge in [-0.05, 0) is 32.4 Å². The minimum atomic E-state index is -0.770. The van der Waals surface area contributed by atoms with Gasteiger partial charge in [-0.1, -0.05) is 30.3 Å². The number of benzene rings is 1. The molecule has 0 spiro atoms. The van der Waals surface area contributed by atoms with E-state index in [2.05, 4.69) is 10.6 Å². The maximum atomic E-state index is 12.1. The van der Waals surface area contributed by atoms with Crippen molar-refractivity contribution in [1.29, 1.82) is 0 Å². The molecule has 2 N–H and O–H groups in total. The third-order valence-electron chi connectivity index (χ3n) is 2.49. The van der Waals surface area contributed by atoms with Gasteiger partial charge < -0.3 is 15.4 Å². The predicted octanol–water partition coefficient (Wildman–Crippen LogP) is 1.62. The highest BCUT2D eigenvalue weighted by atomic mass is 16.5. The Bertz CT molecular complexity index is 601. The van der Waals surface area contributed by atoms with Crippen LogP contribution in [-0.2, 0) is 19.1 Å². The van der Waals surface area contributed by atoms with Crippen LogP contribution in [0.2, 0.25) is 0 Å². The third kappa shape index (κ3) is 7.80. The van der Waals surface area contributed by atoms with Crippen molar-refractivity contribution in [2.24, 2.45) is 0 Å². The van der Waals surface area contributed by atoms with Crippen molar-refractivity contribution in [2.45, 2.75) is 33.2 Å². The average molecular weight is 318 g/mol. The van der Waals surface area contributed by atoms with E-state index in [1.165, 1.54) is 13.0 Å². The second-order valence-corrected chi connectivity index (χ2v) is 6.02. The molecular weight excluding hydrogens is 296 g/mol. The second-order valence-electron chi connectivity index (χ2n) is 6.02. The molecule has 0 radical (unpaired) electrons. The molecule has 0 bridgehead atoms. The number of carbonyl (C=O) groups excluding carboxylic acids is 3. The third-order valence-corrected chi connectivity index (χ3v) is 2.49. The molecule has 1 aromatic carbocycles. The Morgan fingerprint density at radius 3 is 2.26 bits per heavy atom. The smallest absolute Gasteiger partial charge is 0.355 e. The molecule has 0 heterocycles. The summed E-state index contributed by atoms with van der Waals surface area (Å²) in [6.07, 6.45) is 1.49. The van der Waals surface area contributed by atoms with E-state index >= 15 is 0 Å². The number of carbonyl (C=O) groups is 3. The summed E-state index contributed by atoms with van der Waals surface area (Å²) in [5, 5.41) is 5.10. The largest absolute Gasteiger partial charge is 0.451 e. The van der Waals surface area contributed by atoms with Crippen LogP contribution in [0.5, 0.6) is 0 Å². The molecule has 0 aliphatic rings. The van der Waals surface area contributed by atoms with Gasteiger partial charge in [-0.25, -0.2) is 4.79 Å². The van der Waals surface area contributed by atoms with Crippen LogP contribution in [0.4, 0.5) is 0 Å². The van der Waals surface area contributed by atoms with Gasteiger partial charge in [-0.3, -0.25) is 9.59 Å². The van der Waals surface area contributed by atoms with Crippen LogP contribution in [0.3, 0.4) is 0 Å². The Balaban J connectivity index is 2.76. The maximum Gasteiger partial charge on any atom is 0.355 e. The zero-order valence-electron chi connectivity index (χ0n) is 13.8. The van der Waals surface area contributed by atoms with Crippen LogP contribution in [-0.4, -0.2) is 29.9 Å². The van der Waals surface area contributed by atoms with E-state index in [1.807, 2.05) is 26.8 Å². The average Bonchev–Trinajstić information content (AvgIpc) is 2.43. The van der Waals surface area contributed by atoms with Crippen molar-refractivity contribution >= 4 is 23.9 Å². The highest BCUT2D eigenvalue weighted by Gasteiger charge is 2.17. The number of ether oxygens (including phenoxy) is 1. The number of esters is 1. The van der Waals surface area contributed by atoms with E-state index in [4.69, 9.17) is 4.74 Å². The normalized spacial score (nSPS) is 11.6. The predicted molar refractivity (Wildman–Crippen MR) is 87.1 cm³/mol. The van der Waals surface area contributed by atoms with E-state index < -0.39 is 29.9 Å². The fraction of sp³-hybridized carbons (Fsp3) is 0.353. The molecule has 6 heteroatoms. The zero-order valence-corrected chi connectivity index (χ0v) is 13.8. The van der Waals surface area contributed by atoms with Crippen LogP contribution in [0.1, 0.15) is 33.3 Å². The summed E-state index contributed by atoms with van der Waals surface area (Å²) < 4.78 is 4.95. The highest BCUT2D eigenvalue weighted by molar-refractivity contribution is 5.98. The molecule has 0 unspecified atom stereocenters. The molecule has 0 saturated carbocycles. The molecule has 0 aliphatic heterocycles. The Morgan fingerprint density at radius 1 is 1.13 bits per heavy atom. The van der Waals surface area contributed by atoms with Crippen molar-refractivity contribution in [3.05, 3.63) is 41.6 Å². The first-order valence-corrected chi connectivity index (χ1v) is 7.20. The van der Waals surface area contributed by atoms with Gasteiger partial charge in [0.1, 0.15) is 5.70 Å². The first kappa shape index (κ1) is 18.4. The number of hydrogen-bond acceptors (Lipinski definition) is 4. The van der Waals surface area contributed by atoms with Gasteiger partial charge >= 0.3 is 5.97 Å². The number of nitrogens with one attached hydrogen (secondary N) is 2. The SMILES string of the molecule is CC(=O)N/C(=C/c1ccccc1)C(=O)OCC(=O)NC(C)(C)C. The molecule has 6 nitrogen and oxygen atoms in total. The molecule has 0 aromatic heterocycles. The summed E-state index contributed by atoms with van der Waals surface area (Å²) in [6, 6.07) is 9.01. The van der Waals surface area contributed by atoms with Gasteiger partial charge in [-0.2, -0.15) is 0 Å². The minimum absolute atomic E-state index is 0.0211. The van der Waals surface area contributed by atoms with Crippen molar-refractivity contribution in [3.63, 3.8) is 0 Å². The number of rotatable bonds is 5. The van der Waals surface area contributed by atoms with Gasteiger partial charge in [0.15, 0.2) is 6.61 Å². The van der Waals surface area contributed by atoms with E-state index in [9.17, 15) is 14.4 Å². The van der Waals surface area contributed by atoms with Crippen LogP contribution < -0.4 is 10.6 Å². The van der Waals surface area contributed by atoms with Gasteiger partial charge in [-0.15, -0.1) is 0 Å². The standard InChI is InChI=1S/C17H22N2O4/c1-12(20)18-14(10-13-8-6-5-7-9-13)16(22)23-11-15(21)19-17(2,3)4/h5-10H,11H2,1-4H3,(H,18,20)(H,19,21)/b14-10+. The van der Waals surface area contributed by atoms with Crippen molar-refractivity contribution in [3.8, 4) is 0 Å². The summed E-state index contributed by atoms with van der Waals surface area (Å²) in [7, 11) is 0. The summed E-state index contributed by atoms with van der Waals surface area (Å²) in [6.45, 7) is 6.35. The lowest BCUT2D eigenvalue weighted by molar-refractivity contribution is -0.146. The van der Waals surface area contributed by atoms with Crippen molar-refractivity contribution < 1.29 is 19.1 Å². The fourth-order valence-corrected chi connectivity index (χ4v) is 1.71. The monoisotopic (exact) mass is 318 g/mol. The van der Waals surface area contributed by atoms with Crippen molar-refractivity contribution in [2.75, 3.05) is 6.61 Å². The summed E-state index contributed by atoms with van der Waals surface area (Å²) in [5.74, 6) is -1.58. The van der Waals surface area contributed by atoms with Gasteiger partial charge in [0.2, 0.25) is 5.91 Å². The molecule has 0 saturated heterocycles. The Kier molecular flexibility index (Phi) is 6.50. The Morgan fingerprint density at radius 2 is 1.74 bits per heavy atom. The van der Waals surface area contributed by atoms with Gasteiger partial charge in [0, 0.05) is 12.5 Å². The first-order valence-electron chi connectivity index (χ1n) is 7.20. The number of amides is 2. The first-order chi connectivity index (χ1) is 10.7. The van der Waals surface area contributed by atoms with Crippen molar-refractivity contribution in [1.82, 2.24) is 10.6 Å². The van der Waals surface area contributed by atoms with Crippen LogP contribution in [0.25, 0.3) is 6.08 Å².